The van der Waals surface area contributed by atoms with E-state index in [2.05, 4.69) is 13.0 Å². The normalized spacial score (nSPS) is 34.1. The van der Waals surface area contributed by atoms with Gasteiger partial charge in [-0.2, -0.15) is 17.0 Å². The lowest BCUT2D eigenvalue weighted by Crippen LogP contribution is -2.25. The smallest absolute Gasteiger partial charge is 0.0667 e. The molecule has 3 unspecified atom stereocenters. The number of aliphatic hydroxyl groups excluding tert-OH is 1. The van der Waals surface area contributed by atoms with Gasteiger partial charge in [-0.05, 0) is 25.2 Å². The van der Waals surface area contributed by atoms with Crippen LogP contribution in [0.4, 0.5) is 0 Å². The first-order valence-corrected chi connectivity index (χ1v) is 5.95. The molecule has 0 saturated heterocycles. The van der Waals surface area contributed by atoms with Crippen molar-refractivity contribution < 1.29 is 5.11 Å². The van der Waals surface area contributed by atoms with Gasteiger partial charge in [0.05, 0.1) is 18.6 Å². The van der Waals surface area contributed by atoms with E-state index in [0.29, 0.717) is 5.25 Å². The summed E-state index contributed by atoms with van der Waals surface area (Å²) in [5, 5.41) is 18.1. The molecule has 0 spiro atoms. The Morgan fingerprint density at radius 2 is 2.31 bits per heavy atom. The number of thioether (sulfide) groups is 1. The molecule has 0 aliphatic heterocycles. The van der Waals surface area contributed by atoms with E-state index >= 15 is 0 Å². The fraction of sp³-hybridized carbons (Fsp3) is 0.900. The predicted octanol–water partition coefficient (Wildman–Crippen LogP) is 2.04. The van der Waals surface area contributed by atoms with Crippen LogP contribution in [0.3, 0.4) is 0 Å². The van der Waals surface area contributed by atoms with Crippen LogP contribution in [0.15, 0.2) is 0 Å². The highest BCUT2D eigenvalue weighted by Gasteiger charge is 2.28. The Hall–Kier alpha value is -0.200. The summed E-state index contributed by atoms with van der Waals surface area (Å²) < 4.78 is 0. The first-order valence-electron chi connectivity index (χ1n) is 4.90. The highest BCUT2D eigenvalue weighted by atomic mass is 32.2. The Morgan fingerprint density at radius 3 is 2.92 bits per heavy atom. The number of hydrogen-bond acceptors (Lipinski definition) is 3. The monoisotopic (exact) mass is 199 g/mol. The van der Waals surface area contributed by atoms with Gasteiger partial charge in [-0.1, -0.05) is 6.92 Å². The zero-order valence-corrected chi connectivity index (χ0v) is 8.89. The van der Waals surface area contributed by atoms with Gasteiger partial charge in [-0.3, -0.25) is 0 Å². The second-order valence-corrected chi connectivity index (χ2v) is 5.13. The van der Waals surface area contributed by atoms with Crippen LogP contribution < -0.4 is 0 Å². The van der Waals surface area contributed by atoms with Crippen LogP contribution in [-0.4, -0.2) is 22.7 Å². The summed E-state index contributed by atoms with van der Waals surface area (Å²) >= 11 is 1.76. The van der Waals surface area contributed by atoms with Crippen molar-refractivity contribution in [2.75, 3.05) is 12.4 Å². The van der Waals surface area contributed by atoms with E-state index in [4.69, 9.17) is 10.4 Å². The molecule has 1 fully saturated rings. The summed E-state index contributed by atoms with van der Waals surface area (Å²) in [4.78, 5) is 0. The van der Waals surface area contributed by atoms with E-state index in [0.717, 1.165) is 24.5 Å². The van der Waals surface area contributed by atoms with Crippen molar-refractivity contribution in [3.05, 3.63) is 0 Å². The summed E-state index contributed by atoms with van der Waals surface area (Å²) in [6.45, 7) is 2.48. The van der Waals surface area contributed by atoms with Crippen molar-refractivity contribution >= 4 is 11.8 Å². The lowest BCUT2D eigenvalue weighted by atomic mass is 9.83. The number of aliphatic hydroxyl groups is 1. The minimum Gasteiger partial charge on any atom is -0.396 e. The fourth-order valence-corrected chi connectivity index (χ4v) is 3.17. The molecule has 1 N–H and O–H groups in total. The highest BCUT2D eigenvalue weighted by molar-refractivity contribution is 7.99. The number of rotatable bonds is 3. The molecular weight excluding hydrogens is 182 g/mol. The van der Waals surface area contributed by atoms with Crippen molar-refractivity contribution in [2.24, 2.45) is 11.8 Å². The maximum atomic E-state index is 8.92. The molecule has 1 rings (SSSR count). The van der Waals surface area contributed by atoms with Crippen LogP contribution >= 0.6 is 11.8 Å². The zero-order valence-electron chi connectivity index (χ0n) is 8.07. The second-order valence-electron chi connectivity index (χ2n) is 3.79. The van der Waals surface area contributed by atoms with E-state index in [9.17, 15) is 0 Å². The van der Waals surface area contributed by atoms with Crippen LogP contribution in [0, 0.1) is 23.2 Å². The highest BCUT2D eigenvalue weighted by Crippen LogP contribution is 2.35. The van der Waals surface area contributed by atoms with Gasteiger partial charge in [0, 0.05) is 11.0 Å². The Morgan fingerprint density at radius 1 is 1.54 bits per heavy atom. The first-order chi connectivity index (χ1) is 6.27. The maximum Gasteiger partial charge on any atom is 0.0667 e. The number of nitriles is 1. The number of hydrogen-bond donors (Lipinski definition) is 1. The second kappa shape index (κ2) is 5.51. The van der Waals surface area contributed by atoms with Gasteiger partial charge in [0.2, 0.25) is 0 Å². The van der Waals surface area contributed by atoms with Gasteiger partial charge in [-0.15, -0.1) is 0 Å². The molecule has 13 heavy (non-hydrogen) atoms. The third-order valence-electron chi connectivity index (χ3n) is 2.64. The van der Waals surface area contributed by atoms with Gasteiger partial charge in [0.25, 0.3) is 0 Å². The minimum atomic E-state index is 0.216. The van der Waals surface area contributed by atoms with Crippen LogP contribution in [-0.2, 0) is 0 Å². The average Bonchev–Trinajstić information content (AvgIpc) is 2.15. The summed E-state index contributed by atoms with van der Waals surface area (Å²) in [5.74, 6) is 1.74. The molecular formula is C10H17NOS. The van der Waals surface area contributed by atoms with E-state index in [1.54, 1.807) is 11.8 Å². The molecule has 0 amide bonds. The lowest BCUT2D eigenvalue weighted by Gasteiger charge is -2.30. The SMILES string of the molecule is CC1CCC(C#N)C(SCCO)C1. The van der Waals surface area contributed by atoms with Crippen LogP contribution in [0.5, 0.6) is 0 Å². The standard InChI is InChI=1S/C10H17NOS/c1-8-2-3-9(7-11)10(6-8)13-5-4-12/h8-10,12H,2-6H2,1H3. The average molecular weight is 199 g/mol. The Kier molecular flexibility index (Phi) is 4.61. The van der Waals surface area contributed by atoms with Crippen molar-refractivity contribution in [3.8, 4) is 6.07 Å². The molecule has 74 valence electrons. The molecule has 0 radical (unpaired) electrons. The summed E-state index contributed by atoms with van der Waals surface area (Å²) in [7, 11) is 0. The largest absolute Gasteiger partial charge is 0.396 e. The van der Waals surface area contributed by atoms with E-state index in [-0.39, 0.29) is 12.5 Å². The quantitative estimate of drug-likeness (QED) is 0.756. The van der Waals surface area contributed by atoms with E-state index in [1.807, 2.05) is 0 Å². The van der Waals surface area contributed by atoms with Gasteiger partial charge < -0.3 is 5.11 Å². The third-order valence-corrected chi connectivity index (χ3v) is 4.01. The third kappa shape index (κ3) is 3.21. The lowest BCUT2D eigenvalue weighted by molar-refractivity contribution is 0.319. The molecule has 1 aliphatic carbocycles. The summed E-state index contributed by atoms with van der Waals surface area (Å²) in [6, 6.07) is 2.38. The molecule has 2 nitrogen and oxygen atoms in total. The molecule has 0 heterocycles. The zero-order chi connectivity index (χ0) is 9.68. The van der Waals surface area contributed by atoms with Crippen LogP contribution in [0.2, 0.25) is 0 Å². The molecule has 1 saturated carbocycles. The molecule has 3 atom stereocenters. The van der Waals surface area contributed by atoms with Crippen LogP contribution in [0.1, 0.15) is 26.2 Å². The van der Waals surface area contributed by atoms with Gasteiger partial charge in [-0.25, -0.2) is 0 Å². The molecule has 0 aromatic heterocycles. The summed E-state index contributed by atoms with van der Waals surface area (Å²) in [5.41, 5.74) is 0. The van der Waals surface area contributed by atoms with Crippen molar-refractivity contribution in [2.45, 2.75) is 31.4 Å². The Bertz CT molecular complexity index is 190. The predicted molar refractivity (Wildman–Crippen MR) is 55.4 cm³/mol. The number of nitrogens with zero attached hydrogens (tertiary/aromatic N) is 1. The van der Waals surface area contributed by atoms with E-state index < -0.39 is 0 Å². The van der Waals surface area contributed by atoms with Gasteiger partial charge >= 0.3 is 0 Å². The molecule has 0 bridgehead atoms. The fourth-order valence-electron chi connectivity index (χ4n) is 1.86. The van der Waals surface area contributed by atoms with E-state index in [1.165, 1.54) is 6.42 Å². The van der Waals surface area contributed by atoms with Gasteiger partial charge in [0.15, 0.2) is 0 Å². The molecule has 1 aliphatic rings. The van der Waals surface area contributed by atoms with Crippen LogP contribution in [0.25, 0.3) is 0 Å². The Balaban J connectivity index is 2.41. The first kappa shape index (κ1) is 10.9. The maximum absolute atomic E-state index is 8.92. The van der Waals surface area contributed by atoms with Gasteiger partial charge in [0.1, 0.15) is 0 Å². The van der Waals surface area contributed by atoms with Crippen molar-refractivity contribution in [3.63, 3.8) is 0 Å². The van der Waals surface area contributed by atoms with Crippen molar-refractivity contribution in [1.29, 1.82) is 5.26 Å². The summed E-state index contributed by atoms with van der Waals surface area (Å²) in [6.07, 6.45) is 3.37. The molecule has 0 aromatic carbocycles. The minimum absolute atomic E-state index is 0.216. The molecule has 3 heteroatoms. The Labute approximate surface area is 84.3 Å². The molecule has 0 aromatic rings. The topological polar surface area (TPSA) is 44.0 Å². The van der Waals surface area contributed by atoms with Crippen molar-refractivity contribution in [1.82, 2.24) is 0 Å².